The first kappa shape index (κ1) is 10.8. The number of aromatic nitrogens is 1. The van der Waals surface area contributed by atoms with Crippen LogP contribution in [0.5, 0.6) is 5.88 Å². The van der Waals surface area contributed by atoms with Crippen molar-refractivity contribution >= 4 is 11.9 Å². The minimum atomic E-state index is -1.50. The molecule has 1 aromatic rings. The molecule has 1 heterocycles. The molecule has 0 amide bonds. The Morgan fingerprint density at radius 1 is 1.33 bits per heavy atom. The van der Waals surface area contributed by atoms with Gasteiger partial charge in [-0.15, -0.1) is 0 Å². The number of hydrogen-bond acceptors (Lipinski definition) is 4. The molecular weight excluding hydrogens is 206 g/mol. The van der Waals surface area contributed by atoms with Crippen molar-refractivity contribution < 1.29 is 24.5 Å². The van der Waals surface area contributed by atoms with Crippen LogP contribution in [0, 0.1) is 0 Å². The standard InChI is InChI=1S/C8H7NO6/c1-15-6-5(8(13)14)3(7(11)12)2-4(10)9-6/h2H,1H3,(H,9,10)(H,11,12)(H,13,14). The lowest BCUT2D eigenvalue weighted by Crippen LogP contribution is -2.17. The van der Waals surface area contributed by atoms with E-state index in [2.05, 4.69) is 9.72 Å². The molecule has 0 fully saturated rings. The van der Waals surface area contributed by atoms with Gasteiger partial charge in [0.15, 0.2) is 0 Å². The molecule has 0 unspecified atom stereocenters. The Bertz CT molecular complexity index is 475. The number of aromatic amines is 1. The van der Waals surface area contributed by atoms with Crippen LogP contribution in [0.3, 0.4) is 0 Å². The molecule has 7 nitrogen and oxygen atoms in total. The lowest BCUT2D eigenvalue weighted by Gasteiger charge is -2.06. The van der Waals surface area contributed by atoms with Crippen LogP contribution in [0.15, 0.2) is 10.9 Å². The van der Waals surface area contributed by atoms with Gasteiger partial charge >= 0.3 is 11.9 Å². The molecule has 0 atom stereocenters. The fourth-order valence-electron chi connectivity index (χ4n) is 1.07. The van der Waals surface area contributed by atoms with Crippen molar-refractivity contribution in [1.82, 2.24) is 4.98 Å². The Hall–Kier alpha value is -2.31. The smallest absolute Gasteiger partial charge is 0.342 e. The van der Waals surface area contributed by atoms with Gasteiger partial charge in [-0.05, 0) is 0 Å². The topological polar surface area (TPSA) is 117 Å². The number of carboxylic acids is 2. The van der Waals surface area contributed by atoms with Crippen LogP contribution in [-0.4, -0.2) is 34.2 Å². The summed E-state index contributed by atoms with van der Waals surface area (Å²) >= 11 is 0. The first-order valence-corrected chi connectivity index (χ1v) is 3.75. The monoisotopic (exact) mass is 213 g/mol. The number of rotatable bonds is 3. The molecule has 0 spiro atoms. The number of carbonyl (C=O) groups is 2. The summed E-state index contributed by atoms with van der Waals surface area (Å²) in [5, 5.41) is 17.4. The van der Waals surface area contributed by atoms with E-state index in [0.29, 0.717) is 6.07 Å². The molecule has 0 aliphatic heterocycles. The number of ether oxygens (including phenoxy) is 1. The highest BCUT2D eigenvalue weighted by Gasteiger charge is 2.22. The van der Waals surface area contributed by atoms with Crippen LogP contribution in [0.4, 0.5) is 0 Å². The predicted molar refractivity (Wildman–Crippen MR) is 47.5 cm³/mol. The van der Waals surface area contributed by atoms with E-state index in [1.54, 1.807) is 0 Å². The molecule has 0 saturated heterocycles. The van der Waals surface area contributed by atoms with Crippen LogP contribution in [0.1, 0.15) is 20.7 Å². The second-order valence-electron chi connectivity index (χ2n) is 2.57. The summed E-state index contributed by atoms with van der Waals surface area (Å²) in [6, 6.07) is 0.689. The van der Waals surface area contributed by atoms with Gasteiger partial charge in [0.25, 0.3) is 5.56 Å². The zero-order valence-electron chi connectivity index (χ0n) is 7.60. The van der Waals surface area contributed by atoms with Crippen molar-refractivity contribution in [3.8, 4) is 5.88 Å². The van der Waals surface area contributed by atoms with E-state index in [1.165, 1.54) is 0 Å². The number of pyridine rings is 1. The summed E-state index contributed by atoms with van der Waals surface area (Å²) in [5.74, 6) is -3.37. The number of hydrogen-bond donors (Lipinski definition) is 3. The highest BCUT2D eigenvalue weighted by Crippen LogP contribution is 2.17. The third-order valence-corrected chi connectivity index (χ3v) is 1.66. The van der Waals surface area contributed by atoms with Gasteiger partial charge in [0, 0.05) is 6.07 Å². The van der Waals surface area contributed by atoms with Gasteiger partial charge in [0.2, 0.25) is 5.88 Å². The Morgan fingerprint density at radius 2 is 1.93 bits per heavy atom. The van der Waals surface area contributed by atoms with E-state index in [-0.39, 0.29) is 5.88 Å². The molecule has 1 rings (SSSR count). The number of methoxy groups -OCH3 is 1. The molecule has 7 heteroatoms. The highest BCUT2D eigenvalue weighted by atomic mass is 16.5. The molecule has 0 bridgehead atoms. The third-order valence-electron chi connectivity index (χ3n) is 1.66. The largest absolute Gasteiger partial charge is 0.482 e. The summed E-state index contributed by atoms with van der Waals surface area (Å²) in [5.41, 5.74) is -1.93. The molecule has 0 aromatic carbocycles. The average molecular weight is 213 g/mol. The summed E-state index contributed by atoms with van der Waals surface area (Å²) in [4.78, 5) is 34.5. The first-order valence-electron chi connectivity index (χ1n) is 3.75. The Labute approximate surface area is 82.9 Å². The van der Waals surface area contributed by atoms with Crippen LogP contribution >= 0.6 is 0 Å². The summed E-state index contributed by atoms with van der Waals surface area (Å²) in [6.45, 7) is 0. The summed E-state index contributed by atoms with van der Waals surface area (Å²) in [7, 11) is 1.13. The maximum Gasteiger partial charge on any atom is 0.342 e. The zero-order valence-corrected chi connectivity index (χ0v) is 7.60. The van der Waals surface area contributed by atoms with Crippen molar-refractivity contribution in [2.75, 3.05) is 7.11 Å². The fraction of sp³-hybridized carbons (Fsp3) is 0.125. The normalized spacial score (nSPS) is 9.67. The third kappa shape index (κ3) is 1.96. The van der Waals surface area contributed by atoms with Gasteiger partial charge < -0.3 is 14.9 Å². The van der Waals surface area contributed by atoms with Crippen molar-refractivity contribution in [1.29, 1.82) is 0 Å². The van der Waals surface area contributed by atoms with Crippen molar-refractivity contribution in [2.45, 2.75) is 0 Å². The molecule has 0 aliphatic rings. The minimum absolute atomic E-state index is 0.382. The maximum atomic E-state index is 11.0. The molecule has 3 N–H and O–H groups in total. The lowest BCUT2D eigenvalue weighted by atomic mass is 10.1. The second kappa shape index (κ2) is 3.82. The van der Waals surface area contributed by atoms with E-state index >= 15 is 0 Å². The average Bonchev–Trinajstić information content (AvgIpc) is 2.15. The Morgan fingerprint density at radius 3 is 2.33 bits per heavy atom. The molecule has 80 valence electrons. The summed E-state index contributed by atoms with van der Waals surface area (Å²) < 4.78 is 4.58. The van der Waals surface area contributed by atoms with Crippen molar-refractivity contribution in [3.05, 3.63) is 27.5 Å². The van der Waals surface area contributed by atoms with E-state index in [1.807, 2.05) is 0 Å². The second-order valence-corrected chi connectivity index (χ2v) is 2.57. The lowest BCUT2D eigenvalue weighted by molar-refractivity contribution is 0.0647. The van der Waals surface area contributed by atoms with E-state index in [0.717, 1.165) is 7.11 Å². The SMILES string of the molecule is COc1[nH]c(=O)cc(C(=O)O)c1C(=O)O. The number of H-pyrrole nitrogens is 1. The predicted octanol–water partition coefficient (Wildman–Crippen LogP) is -0.220. The van der Waals surface area contributed by atoms with Gasteiger partial charge in [-0.2, -0.15) is 0 Å². The van der Waals surface area contributed by atoms with Gasteiger partial charge in [-0.1, -0.05) is 0 Å². The molecule has 0 radical (unpaired) electrons. The van der Waals surface area contributed by atoms with Gasteiger partial charge in [0.1, 0.15) is 5.56 Å². The Kier molecular flexibility index (Phi) is 2.75. The molecule has 0 saturated carbocycles. The molecule has 15 heavy (non-hydrogen) atoms. The zero-order chi connectivity index (χ0) is 11.6. The number of aromatic carboxylic acids is 2. The molecule has 1 aromatic heterocycles. The van der Waals surface area contributed by atoms with E-state index in [4.69, 9.17) is 10.2 Å². The first-order chi connectivity index (χ1) is 6.97. The fourth-order valence-corrected chi connectivity index (χ4v) is 1.07. The highest BCUT2D eigenvalue weighted by molar-refractivity contribution is 6.03. The summed E-state index contributed by atoms with van der Waals surface area (Å²) in [6.07, 6.45) is 0. The van der Waals surface area contributed by atoms with Crippen LogP contribution in [0.2, 0.25) is 0 Å². The van der Waals surface area contributed by atoms with Gasteiger partial charge in [0.05, 0.1) is 12.7 Å². The van der Waals surface area contributed by atoms with Crippen LogP contribution in [-0.2, 0) is 0 Å². The van der Waals surface area contributed by atoms with Gasteiger partial charge in [-0.25, -0.2) is 9.59 Å². The quantitative estimate of drug-likeness (QED) is 0.639. The van der Waals surface area contributed by atoms with Crippen molar-refractivity contribution in [2.24, 2.45) is 0 Å². The number of nitrogens with one attached hydrogen (secondary N) is 1. The minimum Gasteiger partial charge on any atom is -0.482 e. The van der Waals surface area contributed by atoms with E-state index < -0.39 is 28.6 Å². The maximum absolute atomic E-state index is 11.0. The number of carboxylic acid groups (broad SMARTS) is 2. The molecule has 0 aliphatic carbocycles. The Balaban J connectivity index is 3.62. The van der Waals surface area contributed by atoms with Crippen LogP contribution < -0.4 is 10.3 Å². The van der Waals surface area contributed by atoms with Gasteiger partial charge in [-0.3, -0.25) is 9.78 Å². The van der Waals surface area contributed by atoms with Crippen LogP contribution in [0.25, 0.3) is 0 Å². The van der Waals surface area contributed by atoms with Crippen molar-refractivity contribution in [3.63, 3.8) is 0 Å². The van der Waals surface area contributed by atoms with E-state index in [9.17, 15) is 14.4 Å². The molecular formula is C8H7NO6.